The quantitative estimate of drug-likeness (QED) is 0.250. The molecule has 0 fully saturated rings. The molecule has 0 rings (SSSR count). The zero-order valence-corrected chi connectivity index (χ0v) is 31.4. The van der Waals surface area contributed by atoms with Gasteiger partial charge in [0.05, 0.1) is 0 Å². The molecule has 0 aliphatic rings. The van der Waals surface area contributed by atoms with Crippen LogP contribution >= 0.6 is 186 Å². The van der Waals surface area contributed by atoms with Crippen LogP contribution in [0.25, 0.3) is 0 Å². The number of hydrogen-bond acceptors (Lipinski definition) is 0. The number of halogens is 15. The van der Waals surface area contributed by atoms with Gasteiger partial charge in [-0.15, -0.1) is 186 Å². The van der Waals surface area contributed by atoms with E-state index in [-0.39, 0.29) is 351 Å². The van der Waals surface area contributed by atoms with E-state index in [4.69, 9.17) is 0 Å². The van der Waals surface area contributed by atoms with Gasteiger partial charge in [0.15, 0.2) is 0 Å². The number of rotatable bonds is 0. The van der Waals surface area contributed by atoms with E-state index >= 15 is 0 Å². The molecule has 0 aromatic carbocycles. The zero-order chi connectivity index (χ0) is 0. The standard InChI is InChI=1S/15ClH.10Ni/h15*1H;;;;;;;;;;. The molecular formula is H15Cl15Ni10. The van der Waals surface area contributed by atoms with Gasteiger partial charge in [-0.2, -0.15) is 0 Å². The van der Waals surface area contributed by atoms with Crippen molar-refractivity contribution in [2.45, 2.75) is 0 Å². The van der Waals surface area contributed by atoms with Crippen molar-refractivity contribution >= 4 is 186 Å². The van der Waals surface area contributed by atoms with Gasteiger partial charge >= 0.3 is 0 Å². The summed E-state index contributed by atoms with van der Waals surface area (Å²) in [7, 11) is 0. The van der Waals surface area contributed by atoms with Gasteiger partial charge in [0.2, 0.25) is 0 Å². The van der Waals surface area contributed by atoms with Crippen LogP contribution in [0.2, 0.25) is 0 Å². The SMILES string of the molecule is Cl.Cl.Cl.Cl.Cl.Cl.Cl.Cl.Cl.Cl.Cl.Cl.Cl.Cl.Cl.[Ni].[Ni].[Ni].[Ni].[Ni].[Ni].[Ni].[Ni].[Ni].[Ni]. The molecule has 0 unspecified atom stereocenters. The van der Waals surface area contributed by atoms with E-state index in [0.29, 0.717) is 0 Å². The van der Waals surface area contributed by atoms with Crippen molar-refractivity contribution in [1.29, 1.82) is 0 Å². The van der Waals surface area contributed by atoms with Crippen LogP contribution in [0.4, 0.5) is 0 Å². The second-order valence-corrected chi connectivity index (χ2v) is 0. The maximum atomic E-state index is 0. The first-order chi connectivity index (χ1) is 0. The van der Waals surface area contributed by atoms with Crippen molar-refractivity contribution in [2.24, 2.45) is 0 Å². The van der Waals surface area contributed by atoms with Crippen molar-refractivity contribution in [3.63, 3.8) is 0 Å². The summed E-state index contributed by atoms with van der Waals surface area (Å²) in [5, 5.41) is 0. The first kappa shape index (κ1) is 441. The molecule has 0 bridgehead atoms. The summed E-state index contributed by atoms with van der Waals surface area (Å²) in [6, 6.07) is 0. The minimum Gasteiger partial charge on any atom is -0.147 e. The van der Waals surface area contributed by atoms with E-state index in [2.05, 4.69) is 0 Å². The zero-order valence-electron chi connectivity index (χ0n) is 9.29. The first-order valence-electron chi connectivity index (χ1n) is 0. The Kier molecular flexibility index (Phi) is 7090. The van der Waals surface area contributed by atoms with Crippen LogP contribution in [0.5, 0.6) is 0 Å². The fourth-order valence-corrected chi connectivity index (χ4v) is 0. The minimum absolute atomic E-state index is 0. The Morgan fingerprint density at radius 2 is 0.0800 bits per heavy atom. The first-order valence-corrected chi connectivity index (χ1v) is 0. The molecule has 0 saturated heterocycles. The van der Waals surface area contributed by atoms with E-state index in [1.165, 1.54) is 0 Å². The van der Waals surface area contributed by atoms with Crippen LogP contribution in [0, 0.1) is 0 Å². The molecule has 0 saturated carbocycles. The van der Waals surface area contributed by atoms with Crippen LogP contribution in [-0.2, 0) is 165 Å². The minimum atomic E-state index is 0. The van der Waals surface area contributed by atoms with Crippen molar-refractivity contribution in [3.8, 4) is 0 Å². The van der Waals surface area contributed by atoms with Gasteiger partial charge in [-0.3, -0.25) is 0 Å². The molecule has 0 heterocycles. The second-order valence-electron chi connectivity index (χ2n) is 0. The summed E-state index contributed by atoms with van der Waals surface area (Å²) in [6.07, 6.45) is 0. The topological polar surface area (TPSA) is 0 Å². The molecule has 0 nitrogen and oxygen atoms in total. The van der Waals surface area contributed by atoms with Gasteiger partial charge < -0.3 is 0 Å². The van der Waals surface area contributed by atoms with Gasteiger partial charge in [0.1, 0.15) is 0 Å². The summed E-state index contributed by atoms with van der Waals surface area (Å²) >= 11 is 0. The van der Waals surface area contributed by atoms with E-state index in [0.717, 1.165) is 0 Å². The third kappa shape index (κ3) is 378. The van der Waals surface area contributed by atoms with Crippen molar-refractivity contribution in [3.05, 3.63) is 0 Å². The fourth-order valence-electron chi connectivity index (χ4n) is 0. The molecular weight excluding hydrogens is 1120 g/mol. The molecule has 0 spiro atoms. The average molecular weight is 1130 g/mol. The van der Waals surface area contributed by atoms with Crippen LogP contribution in [-0.4, -0.2) is 0 Å². The van der Waals surface area contributed by atoms with E-state index in [9.17, 15) is 0 Å². The third-order valence-corrected chi connectivity index (χ3v) is 0. The largest absolute Gasteiger partial charge is 0.147 e. The monoisotopic (exact) mass is 1120 g/mol. The molecule has 0 aromatic heterocycles. The summed E-state index contributed by atoms with van der Waals surface area (Å²) in [6.45, 7) is 0. The molecule has 0 N–H and O–H groups in total. The summed E-state index contributed by atoms with van der Waals surface area (Å²) in [4.78, 5) is 0. The molecule has 0 amide bonds. The van der Waals surface area contributed by atoms with Gasteiger partial charge in [-0.1, -0.05) is 0 Å². The molecule has 0 radical (unpaired) electrons. The van der Waals surface area contributed by atoms with Crippen molar-refractivity contribution < 1.29 is 165 Å². The predicted octanol–water partition coefficient (Wildman–Crippen LogP) is 6.30. The Morgan fingerprint density at radius 1 is 0.0800 bits per heavy atom. The Hall–Kier alpha value is 9.29. The van der Waals surface area contributed by atoms with Gasteiger partial charge in [0.25, 0.3) is 0 Å². The molecule has 220 valence electrons. The van der Waals surface area contributed by atoms with Crippen LogP contribution in [0.3, 0.4) is 0 Å². The normalized spacial score (nSPS) is 0. The summed E-state index contributed by atoms with van der Waals surface area (Å²) in [5.41, 5.74) is 0. The maximum Gasteiger partial charge on any atom is 0 e. The van der Waals surface area contributed by atoms with E-state index < -0.39 is 0 Å². The third-order valence-electron chi connectivity index (χ3n) is 0. The summed E-state index contributed by atoms with van der Waals surface area (Å²) < 4.78 is 0. The summed E-state index contributed by atoms with van der Waals surface area (Å²) in [5.74, 6) is 0. The second kappa shape index (κ2) is 402. The molecule has 25 heavy (non-hydrogen) atoms. The predicted molar refractivity (Wildman–Crippen MR) is 109 cm³/mol. The Balaban J connectivity index is 0. The fraction of sp³-hybridized carbons (Fsp3) is 0. The molecule has 0 aliphatic carbocycles. The van der Waals surface area contributed by atoms with Crippen molar-refractivity contribution in [1.82, 2.24) is 0 Å². The Labute approximate surface area is 344 Å². The molecule has 0 aromatic rings. The number of hydrogen-bond donors (Lipinski definition) is 0. The van der Waals surface area contributed by atoms with E-state index in [1.54, 1.807) is 0 Å². The van der Waals surface area contributed by atoms with E-state index in [1.807, 2.05) is 0 Å². The molecule has 0 aliphatic heterocycles. The van der Waals surface area contributed by atoms with Gasteiger partial charge in [-0.05, 0) is 0 Å². The van der Waals surface area contributed by atoms with Gasteiger partial charge in [-0.25, -0.2) is 0 Å². The van der Waals surface area contributed by atoms with Crippen LogP contribution in [0.15, 0.2) is 0 Å². The molecule has 25 heteroatoms. The van der Waals surface area contributed by atoms with Crippen LogP contribution in [0.1, 0.15) is 0 Å². The van der Waals surface area contributed by atoms with Crippen molar-refractivity contribution in [2.75, 3.05) is 0 Å². The Morgan fingerprint density at radius 3 is 0.0800 bits per heavy atom. The molecule has 0 atom stereocenters. The maximum absolute atomic E-state index is 0. The van der Waals surface area contributed by atoms with Gasteiger partial charge in [0, 0.05) is 165 Å². The average Bonchev–Trinajstić information content (AvgIpc) is 0. The smallest absolute Gasteiger partial charge is 0 e. The Bertz CT molecular complexity index is 24.3. The van der Waals surface area contributed by atoms with Crippen LogP contribution < -0.4 is 0 Å².